The summed E-state index contributed by atoms with van der Waals surface area (Å²) in [6.45, 7) is 14.4. The first kappa shape index (κ1) is 15.7. The van der Waals surface area contributed by atoms with Crippen LogP contribution in [-0.2, 0) is 0 Å². The van der Waals surface area contributed by atoms with Gasteiger partial charge in [0.25, 0.3) is 5.69 Å². The highest BCUT2D eigenvalue weighted by molar-refractivity contribution is 5.58. The van der Waals surface area contributed by atoms with E-state index in [1.807, 2.05) is 40.7 Å². The van der Waals surface area contributed by atoms with Crippen LogP contribution in [0.15, 0.2) is 6.07 Å². The van der Waals surface area contributed by atoms with Gasteiger partial charge in [0.1, 0.15) is 0 Å². The van der Waals surface area contributed by atoms with Crippen LogP contribution < -0.4 is 0 Å². The molecule has 19 heavy (non-hydrogen) atoms. The van der Waals surface area contributed by atoms with Gasteiger partial charge in [0.05, 0.1) is 4.92 Å². The molecular weight excluding hydrogens is 238 g/mol. The zero-order chi connectivity index (χ0) is 14.9. The van der Waals surface area contributed by atoms with Crippen molar-refractivity contribution in [3.05, 3.63) is 38.4 Å². The maximum absolute atomic E-state index is 11.5. The van der Waals surface area contributed by atoms with E-state index in [-0.39, 0.29) is 16.8 Å². The molecule has 0 saturated carbocycles. The van der Waals surface area contributed by atoms with Gasteiger partial charge in [0, 0.05) is 11.1 Å². The Hall–Kier alpha value is -1.38. The second-order valence-corrected chi connectivity index (χ2v) is 6.16. The molecule has 0 aromatic heterocycles. The normalized spacial score (nSPS) is 11.7. The van der Waals surface area contributed by atoms with Gasteiger partial charge in [-0.25, -0.2) is 0 Å². The molecule has 1 aromatic rings. The van der Waals surface area contributed by atoms with Crippen molar-refractivity contribution >= 4 is 5.69 Å². The third-order valence-electron chi connectivity index (χ3n) is 3.68. The molecule has 0 saturated heterocycles. The Morgan fingerprint density at radius 2 is 1.42 bits per heavy atom. The first-order valence-electron chi connectivity index (χ1n) is 7.00. The van der Waals surface area contributed by atoms with E-state index in [0.29, 0.717) is 11.6 Å². The molecule has 0 aliphatic carbocycles. The van der Waals surface area contributed by atoms with Crippen molar-refractivity contribution in [2.45, 2.75) is 66.2 Å². The van der Waals surface area contributed by atoms with E-state index in [1.54, 1.807) is 0 Å². The average Bonchev–Trinajstić information content (AvgIpc) is 2.26. The van der Waals surface area contributed by atoms with Crippen molar-refractivity contribution in [1.29, 1.82) is 0 Å². The van der Waals surface area contributed by atoms with Gasteiger partial charge in [-0.2, -0.15) is 0 Å². The van der Waals surface area contributed by atoms with Crippen molar-refractivity contribution < 1.29 is 4.92 Å². The van der Waals surface area contributed by atoms with E-state index in [9.17, 15) is 10.1 Å². The third kappa shape index (κ3) is 2.96. The molecule has 3 nitrogen and oxygen atoms in total. The molecular formula is C16H25NO2. The van der Waals surface area contributed by atoms with Crippen molar-refractivity contribution in [3.8, 4) is 0 Å². The zero-order valence-electron chi connectivity index (χ0n) is 13.1. The Morgan fingerprint density at radius 3 is 1.74 bits per heavy atom. The Labute approximate surface area is 116 Å². The number of hydrogen-bond donors (Lipinski definition) is 0. The molecule has 0 amide bonds. The minimum atomic E-state index is -0.207. The molecule has 0 aliphatic heterocycles. The van der Waals surface area contributed by atoms with Gasteiger partial charge >= 0.3 is 0 Å². The van der Waals surface area contributed by atoms with Crippen LogP contribution in [0, 0.1) is 17.0 Å². The Morgan fingerprint density at radius 1 is 0.947 bits per heavy atom. The van der Waals surface area contributed by atoms with Crippen LogP contribution in [0.2, 0.25) is 0 Å². The predicted molar refractivity (Wildman–Crippen MR) is 80.1 cm³/mol. The smallest absolute Gasteiger partial charge is 0.258 e. The lowest BCUT2D eigenvalue weighted by atomic mass is 9.83. The fraction of sp³-hybridized carbons (Fsp3) is 0.625. The minimum absolute atomic E-state index is 0.163. The fourth-order valence-electron chi connectivity index (χ4n) is 2.78. The lowest BCUT2D eigenvalue weighted by Gasteiger charge is -2.21. The highest BCUT2D eigenvalue weighted by Gasteiger charge is 2.27. The van der Waals surface area contributed by atoms with Crippen molar-refractivity contribution in [2.75, 3.05) is 0 Å². The summed E-state index contributed by atoms with van der Waals surface area (Å²) in [5.74, 6) is 0.711. The summed E-state index contributed by atoms with van der Waals surface area (Å²) in [5.41, 5.74) is 4.41. The lowest BCUT2D eigenvalue weighted by molar-refractivity contribution is -0.386. The van der Waals surface area contributed by atoms with Gasteiger partial charge in [-0.15, -0.1) is 0 Å². The molecule has 0 radical (unpaired) electrons. The summed E-state index contributed by atoms with van der Waals surface area (Å²) in [7, 11) is 0. The summed E-state index contributed by atoms with van der Waals surface area (Å²) in [5, 5.41) is 11.5. The van der Waals surface area contributed by atoms with Crippen LogP contribution >= 0.6 is 0 Å². The SMILES string of the molecule is Cc1c(C(C)C)cc(C(C)C)c([N+](=O)[O-])c1C(C)C. The maximum atomic E-state index is 11.5. The fourth-order valence-corrected chi connectivity index (χ4v) is 2.78. The minimum Gasteiger partial charge on any atom is -0.258 e. The summed E-state index contributed by atoms with van der Waals surface area (Å²) in [6.07, 6.45) is 0. The van der Waals surface area contributed by atoms with Crippen molar-refractivity contribution in [3.63, 3.8) is 0 Å². The van der Waals surface area contributed by atoms with Crippen LogP contribution in [0.5, 0.6) is 0 Å². The molecule has 0 unspecified atom stereocenters. The Balaban J connectivity index is 3.78. The number of rotatable bonds is 4. The van der Waals surface area contributed by atoms with Crippen LogP contribution in [0.3, 0.4) is 0 Å². The summed E-state index contributed by atoms with van der Waals surface area (Å²) >= 11 is 0. The summed E-state index contributed by atoms with van der Waals surface area (Å²) in [4.78, 5) is 11.3. The number of nitrogens with zero attached hydrogens (tertiary/aromatic N) is 1. The first-order valence-corrected chi connectivity index (χ1v) is 7.00. The average molecular weight is 263 g/mol. The lowest BCUT2D eigenvalue weighted by Crippen LogP contribution is -2.09. The van der Waals surface area contributed by atoms with E-state index in [0.717, 1.165) is 16.7 Å². The molecule has 3 heteroatoms. The Bertz CT molecular complexity index is 488. The maximum Gasteiger partial charge on any atom is 0.276 e. The van der Waals surface area contributed by atoms with E-state index >= 15 is 0 Å². The van der Waals surface area contributed by atoms with Crippen molar-refractivity contribution in [1.82, 2.24) is 0 Å². The first-order chi connectivity index (χ1) is 8.68. The molecule has 0 bridgehead atoms. The largest absolute Gasteiger partial charge is 0.276 e. The third-order valence-corrected chi connectivity index (χ3v) is 3.68. The number of nitro benzene ring substituents is 1. The van der Waals surface area contributed by atoms with Gasteiger partial charge < -0.3 is 0 Å². The van der Waals surface area contributed by atoms with Gasteiger partial charge in [-0.05, 0) is 41.9 Å². The molecule has 0 aliphatic rings. The number of hydrogen-bond acceptors (Lipinski definition) is 2. The monoisotopic (exact) mass is 263 g/mol. The summed E-state index contributed by atoms with van der Waals surface area (Å²) < 4.78 is 0. The topological polar surface area (TPSA) is 43.1 Å². The summed E-state index contributed by atoms with van der Waals surface area (Å²) in [6, 6.07) is 2.04. The highest BCUT2D eigenvalue weighted by atomic mass is 16.6. The molecule has 106 valence electrons. The van der Waals surface area contributed by atoms with Gasteiger partial charge in [-0.3, -0.25) is 10.1 Å². The van der Waals surface area contributed by atoms with E-state index in [1.165, 1.54) is 5.56 Å². The number of benzene rings is 1. The van der Waals surface area contributed by atoms with Crippen LogP contribution in [0.25, 0.3) is 0 Å². The van der Waals surface area contributed by atoms with Crippen LogP contribution in [-0.4, -0.2) is 4.92 Å². The van der Waals surface area contributed by atoms with Crippen LogP contribution in [0.1, 0.15) is 81.5 Å². The molecule has 0 atom stereocenters. The highest BCUT2D eigenvalue weighted by Crippen LogP contribution is 2.40. The quantitative estimate of drug-likeness (QED) is 0.548. The van der Waals surface area contributed by atoms with Crippen molar-refractivity contribution in [2.24, 2.45) is 0 Å². The molecule has 1 aromatic carbocycles. The van der Waals surface area contributed by atoms with E-state index in [2.05, 4.69) is 13.8 Å². The Kier molecular flexibility index (Phi) is 4.72. The second kappa shape index (κ2) is 5.72. The molecule has 0 spiro atoms. The molecule has 0 N–H and O–H groups in total. The standard InChI is InChI=1S/C16H25NO2/c1-9(2)13-8-14(10(3)4)16(17(18)19)15(11(5)6)12(13)7/h8-11H,1-7H3. The van der Waals surface area contributed by atoms with E-state index in [4.69, 9.17) is 0 Å². The van der Waals surface area contributed by atoms with Gasteiger partial charge in [0.15, 0.2) is 0 Å². The number of nitro groups is 1. The van der Waals surface area contributed by atoms with Crippen LogP contribution in [0.4, 0.5) is 5.69 Å². The van der Waals surface area contributed by atoms with Gasteiger partial charge in [-0.1, -0.05) is 41.5 Å². The molecule has 1 rings (SSSR count). The van der Waals surface area contributed by atoms with E-state index < -0.39 is 0 Å². The molecule has 0 heterocycles. The second-order valence-electron chi connectivity index (χ2n) is 6.16. The predicted octanol–water partition coefficient (Wildman–Crippen LogP) is 5.27. The molecule has 0 fully saturated rings. The zero-order valence-corrected chi connectivity index (χ0v) is 13.1. The van der Waals surface area contributed by atoms with Gasteiger partial charge in [0.2, 0.25) is 0 Å².